The molecule has 5 nitrogen and oxygen atoms in total. The lowest BCUT2D eigenvalue weighted by molar-refractivity contribution is 0.102. The van der Waals surface area contributed by atoms with E-state index in [1.165, 1.54) is 5.56 Å². The highest BCUT2D eigenvalue weighted by atomic mass is 16.5. The van der Waals surface area contributed by atoms with Crippen LogP contribution in [0.3, 0.4) is 0 Å². The number of rotatable bonds is 7. The zero-order valence-corrected chi connectivity index (χ0v) is 17.3. The minimum absolute atomic E-state index is 0.201. The highest BCUT2D eigenvalue weighted by Gasteiger charge is 2.14. The lowest BCUT2D eigenvalue weighted by Crippen LogP contribution is -2.15. The number of benzene rings is 3. The normalized spacial score (nSPS) is 10.5. The molecule has 0 radical (unpaired) electrons. The fourth-order valence-corrected chi connectivity index (χ4v) is 3.28. The van der Waals surface area contributed by atoms with Gasteiger partial charge in [-0.05, 0) is 54.8 Å². The van der Waals surface area contributed by atoms with Crippen LogP contribution in [-0.2, 0) is 12.8 Å². The van der Waals surface area contributed by atoms with E-state index in [1.54, 1.807) is 25.4 Å². The predicted molar refractivity (Wildman–Crippen MR) is 122 cm³/mol. The van der Waals surface area contributed by atoms with E-state index in [0.29, 0.717) is 17.8 Å². The molecule has 31 heavy (non-hydrogen) atoms. The molecule has 0 atom stereocenters. The van der Waals surface area contributed by atoms with Gasteiger partial charge in [0.15, 0.2) is 5.82 Å². The van der Waals surface area contributed by atoms with Gasteiger partial charge in [-0.1, -0.05) is 48.5 Å². The molecule has 0 spiro atoms. The van der Waals surface area contributed by atoms with Crippen molar-refractivity contribution < 1.29 is 9.53 Å². The number of anilines is 1. The largest absolute Gasteiger partial charge is 0.497 e. The van der Waals surface area contributed by atoms with Gasteiger partial charge in [-0.25, -0.2) is 9.97 Å². The van der Waals surface area contributed by atoms with Crippen molar-refractivity contribution in [1.29, 1.82) is 0 Å². The molecule has 0 bridgehead atoms. The number of carbonyl (C=O) groups excluding carboxylic acids is 1. The summed E-state index contributed by atoms with van der Waals surface area (Å²) in [6.07, 6.45) is 3.15. The summed E-state index contributed by atoms with van der Waals surface area (Å²) in [4.78, 5) is 22.1. The average molecular weight is 409 g/mol. The Labute approximate surface area is 181 Å². The average Bonchev–Trinajstić information content (AvgIpc) is 2.84. The van der Waals surface area contributed by atoms with E-state index in [0.717, 1.165) is 29.1 Å². The first-order chi connectivity index (χ1) is 15.2. The first-order valence-corrected chi connectivity index (χ1v) is 10.1. The number of amides is 1. The molecule has 0 saturated heterocycles. The van der Waals surface area contributed by atoms with E-state index in [9.17, 15) is 4.79 Å². The molecule has 0 saturated carbocycles. The van der Waals surface area contributed by atoms with E-state index in [4.69, 9.17) is 9.72 Å². The first kappa shape index (κ1) is 20.3. The Morgan fingerprint density at radius 1 is 0.871 bits per heavy atom. The molecule has 0 unspecified atom stereocenters. The number of ether oxygens (including phenoxy) is 1. The van der Waals surface area contributed by atoms with Crippen molar-refractivity contribution in [2.24, 2.45) is 0 Å². The van der Waals surface area contributed by atoms with E-state index < -0.39 is 0 Å². The highest BCUT2D eigenvalue weighted by molar-refractivity contribution is 6.04. The number of nitrogens with one attached hydrogen (secondary N) is 1. The van der Waals surface area contributed by atoms with Crippen molar-refractivity contribution in [2.45, 2.75) is 12.8 Å². The molecule has 1 N–H and O–H groups in total. The summed E-state index contributed by atoms with van der Waals surface area (Å²) >= 11 is 0. The summed E-state index contributed by atoms with van der Waals surface area (Å²) in [5.41, 5.74) is 4.23. The van der Waals surface area contributed by atoms with Gasteiger partial charge in [0.25, 0.3) is 5.91 Å². The summed E-state index contributed by atoms with van der Waals surface area (Å²) < 4.78 is 5.24. The standard InChI is InChI=1S/C26H23N3O2/c1-31-22-15-13-20(14-16-22)24-18-27-25(29-26(30)21-10-6-3-7-11-21)23(28-24)17-12-19-8-4-2-5-9-19/h2-11,13-16,18H,12,17H2,1H3,(H,27,29,30). The van der Waals surface area contributed by atoms with Crippen molar-refractivity contribution in [1.82, 2.24) is 9.97 Å². The van der Waals surface area contributed by atoms with Gasteiger partial charge in [0.2, 0.25) is 0 Å². The molecule has 1 aromatic heterocycles. The van der Waals surface area contributed by atoms with Crippen LogP contribution < -0.4 is 10.1 Å². The molecule has 4 aromatic rings. The van der Waals surface area contributed by atoms with Crippen LogP contribution in [0.15, 0.2) is 91.1 Å². The van der Waals surface area contributed by atoms with Gasteiger partial charge in [0.05, 0.1) is 24.7 Å². The molecular formula is C26H23N3O2. The summed E-state index contributed by atoms with van der Waals surface area (Å²) in [5, 5.41) is 2.93. The molecule has 1 amide bonds. The van der Waals surface area contributed by atoms with Gasteiger partial charge in [0.1, 0.15) is 5.75 Å². The molecule has 154 valence electrons. The van der Waals surface area contributed by atoms with Crippen LogP contribution in [0, 0.1) is 0 Å². The zero-order chi connectivity index (χ0) is 21.5. The minimum atomic E-state index is -0.201. The van der Waals surface area contributed by atoms with Crippen molar-refractivity contribution in [2.75, 3.05) is 12.4 Å². The van der Waals surface area contributed by atoms with Crippen LogP contribution >= 0.6 is 0 Å². The van der Waals surface area contributed by atoms with Crippen molar-refractivity contribution in [3.05, 3.63) is 108 Å². The minimum Gasteiger partial charge on any atom is -0.497 e. The van der Waals surface area contributed by atoms with Gasteiger partial charge in [-0.2, -0.15) is 0 Å². The van der Waals surface area contributed by atoms with Gasteiger partial charge < -0.3 is 10.1 Å². The van der Waals surface area contributed by atoms with E-state index >= 15 is 0 Å². The zero-order valence-electron chi connectivity index (χ0n) is 17.3. The van der Waals surface area contributed by atoms with Gasteiger partial charge in [-0.3, -0.25) is 4.79 Å². The topological polar surface area (TPSA) is 64.1 Å². The van der Waals surface area contributed by atoms with E-state index in [1.807, 2.05) is 60.7 Å². The second-order valence-corrected chi connectivity index (χ2v) is 7.08. The molecule has 3 aromatic carbocycles. The smallest absolute Gasteiger partial charge is 0.256 e. The molecule has 0 aliphatic rings. The van der Waals surface area contributed by atoms with Crippen LogP contribution in [0.4, 0.5) is 5.82 Å². The fourth-order valence-electron chi connectivity index (χ4n) is 3.28. The van der Waals surface area contributed by atoms with Crippen LogP contribution in [0.1, 0.15) is 21.6 Å². The highest BCUT2D eigenvalue weighted by Crippen LogP contribution is 2.23. The number of hydrogen-bond donors (Lipinski definition) is 1. The van der Waals surface area contributed by atoms with Crippen molar-refractivity contribution in [3.63, 3.8) is 0 Å². The number of methoxy groups -OCH3 is 1. The maximum atomic E-state index is 12.7. The maximum Gasteiger partial charge on any atom is 0.256 e. The Morgan fingerprint density at radius 2 is 1.55 bits per heavy atom. The third-order valence-electron chi connectivity index (χ3n) is 4.99. The summed E-state index contributed by atoms with van der Waals surface area (Å²) in [6, 6.07) is 27.0. The Hall–Kier alpha value is -3.99. The second kappa shape index (κ2) is 9.67. The van der Waals surface area contributed by atoms with E-state index in [2.05, 4.69) is 22.4 Å². The third kappa shape index (κ3) is 5.14. The molecule has 0 fully saturated rings. The first-order valence-electron chi connectivity index (χ1n) is 10.1. The fraction of sp³-hybridized carbons (Fsp3) is 0.115. The Bertz CT molecular complexity index is 1140. The molecular weight excluding hydrogens is 386 g/mol. The monoisotopic (exact) mass is 409 g/mol. The number of aromatic nitrogens is 2. The third-order valence-corrected chi connectivity index (χ3v) is 4.99. The SMILES string of the molecule is COc1ccc(-c2cnc(NC(=O)c3ccccc3)c(CCc3ccccc3)n2)cc1. The van der Waals surface area contributed by atoms with Gasteiger partial charge in [0, 0.05) is 11.1 Å². The Kier molecular flexibility index (Phi) is 6.33. The Morgan fingerprint density at radius 3 is 2.23 bits per heavy atom. The van der Waals surface area contributed by atoms with Crippen molar-refractivity contribution >= 4 is 11.7 Å². The van der Waals surface area contributed by atoms with E-state index in [-0.39, 0.29) is 5.91 Å². The molecule has 4 rings (SSSR count). The van der Waals surface area contributed by atoms with Crippen molar-refractivity contribution in [3.8, 4) is 17.0 Å². The Balaban J connectivity index is 1.63. The van der Waals surface area contributed by atoms with Crippen LogP contribution in [0.2, 0.25) is 0 Å². The molecule has 1 heterocycles. The molecule has 0 aliphatic heterocycles. The number of carbonyl (C=O) groups is 1. The number of nitrogens with zero attached hydrogens (tertiary/aromatic N) is 2. The number of hydrogen-bond acceptors (Lipinski definition) is 4. The summed E-state index contributed by atoms with van der Waals surface area (Å²) in [5.74, 6) is 1.07. The summed E-state index contributed by atoms with van der Waals surface area (Å²) in [6.45, 7) is 0. The van der Waals surface area contributed by atoms with Gasteiger partial charge in [-0.15, -0.1) is 0 Å². The maximum absolute atomic E-state index is 12.7. The predicted octanol–water partition coefficient (Wildman–Crippen LogP) is 5.19. The second-order valence-electron chi connectivity index (χ2n) is 7.08. The van der Waals surface area contributed by atoms with Crippen LogP contribution in [0.25, 0.3) is 11.3 Å². The summed E-state index contributed by atoms with van der Waals surface area (Å²) in [7, 11) is 1.64. The lowest BCUT2D eigenvalue weighted by Gasteiger charge is -2.12. The van der Waals surface area contributed by atoms with Gasteiger partial charge >= 0.3 is 0 Å². The molecule has 5 heteroatoms. The molecule has 0 aliphatic carbocycles. The lowest BCUT2D eigenvalue weighted by atomic mass is 10.1. The quantitative estimate of drug-likeness (QED) is 0.456. The number of aryl methyl sites for hydroxylation is 2. The van der Waals surface area contributed by atoms with Crippen LogP contribution in [-0.4, -0.2) is 23.0 Å². The van der Waals surface area contributed by atoms with Crippen LogP contribution in [0.5, 0.6) is 5.75 Å².